The highest BCUT2D eigenvalue weighted by Gasteiger charge is 2.34. The highest BCUT2D eigenvalue weighted by molar-refractivity contribution is 7.56. The molecule has 0 spiro atoms. The third-order valence-electron chi connectivity index (χ3n) is 3.85. The Hall–Kier alpha value is 0.540. The first kappa shape index (κ1) is 21.5. The van der Waals surface area contributed by atoms with Gasteiger partial charge in [0.1, 0.15) is 0 Å². The molecule has 0 N–H and O–H groups in total. The van der Waals surface area contributed by atoms with Crippen molar-refractivity contribution < 1.29 is 17.9 Å². The minimum atomic E-state index is -3.36. The van der Waals surface area contributed by atoms with Gasteiger partial charge >= 0.3 is 7.82 Å². The summed E-state index contributed by atoms with van der Waals surface area (Å²) in [7, 11) is -0.435. The van der Waals surface area contributed by atoms with Crippen LogP contribution < -0.4 is 0 Å². The summed E-state index contributed by atoms with van der Waals surface area (Å²) in [6.45, 7) is 6.64. The van der Waals surface area contributed by atoms with Crippen LogP contribution in [0.1, 0.15) is 78.6 Å². The minimum absolute atomic E-state index is 0.134. The summed E-state index contributed by atoms with van der Waals surface area (Å²) >= 11 is 0. The predicted octanol–water partition coefficient (Wildman–Crippen LogP) is 6.31. The van der Waals surface area contributed by atoms with E-state index in [1.54, 1.807) is 0 Å². The van der Waals surface area contributed by atoms with Gasteiger partial charge in [0.25, 0.3) is 0 Å². The zero-order chi connectivity index (χ0) is 16.2. The summed E-state index contributed by atoms with van der Waals surface area (Å²) < 4.78 is 27.6. The van der Waals surface area contributed by atoms with E-state index in [4.69, 9.17) is 13.4 Å². The zero-order valence-corrected chi connectivity index (χ0v) is 16.3. The Morgan fingerprint density at radius 1 is 0.857 bits per heavy atom. The third-order valence-corrected chi connectivity index (χ3v) is 7.18. The van der Waals surface area contributed by atoms with E-state index in [0.717, 1.165) is 19.3 Å². The molecule has 0 aliphatic carbocycles. The van der Waals surface area contributed by atoms with Crippen molar-refractivity contribution >= 4 is 16.6 Å². The van der Waals surface area contributed by atoms with Crippen molar-refractivity contribution in [1.29, 1.82) is 0 Å². The SMILES string of the molecule is CCCCC(CCCC)(CCCC)POP(=O)(OC)OC. The largest absolute Gasteiger partial charge is 0.477 e. The molecular formula is C15H34O4P2. The number of phosphoric acid groups is 1. The topological polar surface area (TPSA) is 44.8 Å². The van der Waals surface area contributed by atoms with Gasteiger partial charge < -0.3 is 0 Å². The molecule has 0 rings (SSSR count). The van der Waals surface area contributed by atoms with E-state index in [2.05, 4.69) is 20.8 Å². The standard InChI is InChI=1S/C15H34O4P2/c1-6-9-12-15(13-10-7-2,14-11-8-3)20-19-21(16,17-4)18-5/h20H,6-14H2,1-5H3. The molecule has 0 amide bonds. The molecule has 0 saturated heterocycles. The van der Waals surface area contributed by atoms with Gasteiger partial charge in [-0.25, -0.2) is 4.57 Å². The van der Waals surface area contributed by atoms with Gasteiger partial charge in [-0.2, -0.15) is 0 Å². The summed E-state index contributed by atoms with van der Waals surface area (Å²) in [6.07, 6.45) is 10.5. The van der Waals surface area contributed by atoms with Crippen LogP contribution in [0.2, 0.25) is 0 Å². The molecule has 1 unspecified atom stereocenters. The molecule has 0 saturated carbocycles. The molecule has 0 aromatic heterocycles. The lowest BCUT2D eigenvalue weighted by Crippen LogP contribution is -2.24. The lowest BCUT2D eigenvalue weighted by atomic mass is 9.90. The van der Waals surface area contributed by atoms with Crippen molar-refractivity contribution in [2.75, 3.05) is 14.2 Å². The molecule has 6 heteroatoms. The van der Waals surface area contributed by atoms with Gasteiger partial charge in [0.15, 0.2) is 0 Å². The second-order valence-corrected chi connectivity index (χ2v) is 9.22. The molecule has 0 aliphatic rings. The minimum Gasteiger partial charge on any atom is -0.290 e. The second-order valence-electron chi connectivity index (χ2n) is 5.60. The number of phosphoric ester groups is 1. The van der Waals surface area contributed by atoms with Crippen molar-refractivity contribution in [3.8, 4) is 0 Å². The monoisotopic (exact) mass is 340 g/mol. The first-order valence-corrected chi connectivity index (χ1v) is 10.6. The second kappa shape index (κ2) is 12.0. The summed E-state index contributed by atoms with van der Waals surface area (Å²) in [5.41, 5.74) is 0. The van der Waals surface area contributed by atoms with Crippen molar-refractivity contribution in [2.45, 2.75) is 83.7 Å². The molecule has 0 radical (unpaired) electrons. The molecular weight excluding hydrogens is 306 g/mol. The summed E-state index contributed by atoms with van der Waals surface area (Å²) in [6, 6.07) is 0. The van der Waals surface area contributed by atoms with Crippen molar-refractivity contribution in [2.24, 2.45) is 0 Å². The van der Waals surface area contributed by atoms with Crippen molar-refractivity contribution in [3.05, 3.63) is 0 Å². The fourth-order valence-corrected chi connectivity index (χ4v) is 5.18. The average Bonchev–Trinajstić information content (AvgIpc) is 2.53. The lowest BCUT2D eigenvalue weighted by molar-refractivity contribution is 0.215. The van der Waals surface area contributed by atoms with Crippen LogP contribution in [0.25, 0.3) is 0 Å². The summed E-state index contributed by atoms with van der Waals surface area (Å²) in [4.78, 5) is 0. The maximum atomic E-state index is 12.2. The Kier molecular flexibility index (Phi) is 12.3. The fraction of sp³-hybridized carbons (Fsp3) is 1.00. The van der Waals surface area contributed by atoms with E-state index in [9.17, 15) is 4.57 Å². The Morgan fingerprint density at radius 2 is 1.24 bits per heavy atom. The lowest BCUT2D eigenvalue weighted by Gasteiger charge is -2.34. The highest BCUT2D eigenvalue weighted by atomic mass is 31.2. The fourth-order valence-electron chi connectivity index (χ4n) is 2.38. The quantitative estimate of drug-likeness (QED) is 0.348. The van der Waals surface area contributed by atoms with Gasteiger partial charge in [-0.05, 0) is 19.3 Å². The molecule has 1 atom stereocenters. The molecule has 0 aromatic carbocycles. The van der Waals surface area contributed by atoms with Crippen LogP contribution in [0.15, 0.2) is 0 Å². The van der Waals surface area contributed by atoms with E-state index in [1.165, 1.54) is 52.7 Å². The molecule has 0 aliphatic heterocycles. The smallest absolute Gasteiger partial charge is 0.290 e. The molecule has 0 fully saturated rings. The van der Waals surface area contributed by atoms with Gasteiger partial charge in [0.05, 0.1) is 0 Å². The van der Waals surface area contributed by atoms with E-state index in [0.29, 0.717) is 0 Å². The molecule has 0 heterocycles. The van der Waals surface area contributed by atoms with Gasteiger partial charge in [0, 0.05) is 28.2 Å². The maximum absolute atomic E-state index is 12.2. The number of hydrogen-bond acceptors (Lipinski definition) is 4. The van der Waals surface area contributed by atoms with Crippen molar-refractivity contribution in [1.82, 2.24) is 0 Å². The maximum Gasteiger partial charge on any atom is 0.477 e. The van der Waals surface area contributed by atoms with Gasteiger partial charge in [0.2, 0.25) is 0 Å². The summed E-state index contributed by atoms with van der Waals surface area (Å²) in [5, 5.41) is 0.134. The average molecular weight is 340 g/mol. The molecule has 128 valence electrons. The molecule has 0 aromatic rings. The van der Waals surface area contributed by atoms with Gasteiger partial charge in [-0.1, -0.05) is 59.3 Å². The van der Waals surface area contributed by atoms with Crippen LogP contribution in [0, 0.1) is 0 Å². The Morgan fingerprint density at radius 3 is 1.52 bits per heavy atom. The molecule has 4 nitrogen and oxygen atoms in total. The predicted molar refractivity (Wildman–Crippen MR) is 92.3 cm³/mol. The number of hydrogen-bond donors (Lipinski definition) is 0. The van der Waals surface area contributed by atoms with E-state index >= 15 is 0 Å². The van der Waals surface area contributed by atoms with Crippen LogP contribution in [0.3, 0.4) is 0 Å². The van der Waals surface area contributed by atoms with Gasteiger partial charge in [-0.3, -0.25) is 13.4 Å². The number of rotatable bonds is 14. The third kappa shape index (κ3) is 8.67. The van der Waals surface area contributed by atoms with Crippen LogP contribution in [-0.4, -0.2) is 19.4 Å². The van der Waals surface area contributed by atoms with Crippen LogP contribution in [0.5, 0.6) is 0 Å². The molecule has 0 bridgehead atoms. The van der Waals surface area contributed by atoms with Gasteiger partial charge in [-0.15, -0.1) is 0 Å². The van der Waals surface area contributed by atoms with Crippen LogP contribution >= 0.6 is 16.6 Å². The number of unbranched alkanes of at least 4 members (excludes halogenated alkanes) is 3. The summed E-state index contributed by atoms with van der Waals surface area (Å²) in [5.74, 6) is 0. The Balaban J connectivity index is 4.89. The van der Waals surface area contributed by atoms with Crippen molar-refractivity contribution in [3.63, 3.8) is 0 Å². The first-order chi connectivity index (χ1) is 10.0. The highest BCUT2D eigenvalue weighted by Crippen LogP contribution is 2.59. The van der Waals surface area contributed by atoms with Crippen LogP contribution in [0.4, 0.5) is 0 Å². The molecule has 21 heavy (non-hydrogen) atoms. The Bertz CT molecular complexity index is 268. The van der Waals surface area contributed by atoms with Crippen LogP contribution in [-0.2, 0) is 17.9 Å². The van der Waals surface area contributed by atoms with E-state index in [1.807, 2.05) is 0 Å². The van der Waals surface area contributed by atoms with E-state index in [-0.39, 0.29) is 14.0 Å². The Labute approximate surface area is 133 Å². The zero-order valence-electron chi connectivity index (χ0n) is 14.4. The van der Waals surface area contributed by atoms with E-state index < -0.39 is 7.82 Å². The first-order valence-electron chi connectivity index (χ1n) is 8.18. The normalized spacial score (nSPS) is 13.4.